The summed E-state index contributed by atoms with van der Waals surface area (Å²) in [5.41, 5.74) is -0.121. The first kappa shape index (κ1) is 15.7. The van der Waals surface area contributed by atoms with Crippen molar-refractivity contribution in [2.75, 3.05) is 0 Å². The van der Waals surface area contributed by atoms with Gasteiger partial charge in [-0.15, -0.1) is 0 Å². The van der Waals surface area contributed by atoms with Crippen molar-refractivity contribution in [3.63, 3.8) is 0 Å². The number of ether oxygens (including phenoxy) is 1. The van der Waals surface area contributed by atoms with Crippen molar-refractivity contribution < 1.29 is 19.4 Å². The number of Topliss-reactive ketones (excluding diaryl/α,β-unsaturated/α-hetero) is 1. The summed E-state index contributed by atoms with van der Waals surface area (Å²) in [6.45, 7) is 4.09. The SMILES string of the molecule is CCCCCCC(O)=C1C(=O)CC(CCC)OC1=O. The predicted molar refractivity (Wildman–Crippen MR) is 72.8 cm³/mol. The quantitative estimate of drug-likeness (QED) is 0.252. The lowest BCUT2D eigenvalue weighted by molar-refractivity contribution is -0.151. The second-order valence-electron chi connectivity index (χ2n) is 5.08. The number of carbonyl (C=O) groups excluding carboxylic acids is 2. The van der Waals surface area contributed by atoms with Gasteiger partial charge in [-0.2, -0.15) is 0 Å². The van der Waals surface area contributed by atoms with Gasteiger partial charge < -0.3 is 9.84 Å². The van der Waals surface area contributed by atoms with Gasteiger partial charge in [0.25, 0.3) is 0 Å². The minimum Gasteiger partial charge on any atom is -0.511 e. The van der Waals surface area contributed by atoms with Gasteiger partial charge in [-0.3, -0.25) is 4.79 Å². The van der Waals surface area contributed by atoms with Gasteiger partial charge in [0, 0.05) is 12.8 Å². The number of carbonyl (C=O) groups is 2. The van der Waals surface area contributed by atoms with Crippen LogP contribution in [0.25, 0.3) is 0 Å². The van der Waals surface area contributed by atoms with E-state index in [4.69, 9.17) is 4.74 Å². The summed E-state index contributed by atoms with van der Waals surface area (Å²) in [7, 11) is 0. The van der Waals surface area contributed by atoms with Crippen LogP contribution in [-0.2, 0) is 14.3 Å². The molecule has 0 amide bonds. The zero-order valence-electron chi connectivity index (χ0n) is 11.9. The lowest BCUT2D eigenvalue weighted by Gasteiger charge is -2.23. The molecule has 0 aromatic heterocycles. The van der Waals surface area contributed by atoms with E-state index in [-0.39, 0.29) is 29.6 Å². The molecule has 0 radical (unpaired) electrons. The molecule has 0 spiro atoms. The molecule has 0 bridgehead atoms. The monoisotopic (exact) mass is 268 g/mol. The Hall–Kier alpha value is -1.32. The van der Waals surface area contributed by atoms with Crippen molar-refractivity contribution in [3.05, 3.63) is 11.3 Å². The Morgan fingerprint density at radius 2 is 1.95 bits per heavy atom. The van der Waals surface area contributed by atoms with Crippen molar-refractivity contribution in [3.8, 4) is 0 Å². The fraction of sp³-hybridized carbons (Fsp3) is 0.733. The second-order valence-corrected chi connectivity index (χ2v) is 5.08. The van der Waals surface area contributed by atoms with E-state index in [1.165, 1.54) is 0 Å². The molecule has 1 rings (SSSR count). The summed E-state index contributed by atoms with van der Waals surface area (Å²) in [6.07, 6.45) is 5.83. The molecule has 1 N–H and O–H groups in total. The van der Waals surface area contributed by atoms with Crippen molar-refractivity contribution in [1.29, 1.82) is 0 Å². The van der Waals surface area contributed by atoms with Gasteiger partial charge in [0.05, 0.1) is 0 Å². The minimum absolute atomic E-state index is 0.0962. The molecule has 19 heavy (non-hydrogen) atoms. The summed E-state index contributed by atoms with van der Waals surface area (Å²) in [6, 6.07) is 0. The first-order valence-corrected chi connectivity index (χ1v) is 7.26. The van der Waals surface area contributed by atoms with E-state index in [2.05, 4.69) is 6.92 Å². The molecule has 1 unspecified atom stereocenters. The third kappa shape index (κ3) is 4.69. The van der Waals surface area contributed by atoms with Gasteiger partial charge >= 0.3 is 5.97 Å². The number of hydrogen-bond acceptors (Lipinski definition) is 4. The molecule has 4 heteroatoms. The van der Waals surface area contributed by atoms with Crippen LogP contribution >= 0.6 is 0 Å². The standard InChI is InChI=1S/C15H24O4/c1-3-5-6-7-9-12(16)14-13(17)10-11(8-4-2)19-15(14)18/h11,16H,3-10H2,1-2H3. The van der Waals surface area contributed by atoms with Crippen molar-refractivity contribution in [1.82, 2.24) is 0 Å². The first-order valence-electron chi connectivity index (χ1n) is 7.26. The van der Waals surface area contributed by atoms with Crippen LogP contribution in [0.5, 0.6) is 0 Å². The molecule has 1 atom stereocenters. The van der Waals surface area contributed by atoms with Gasteiger partial charge in [-0.25, -0.2) is 4.79 Å². The summed E-state index contributed by atoms with van der Waals surface area (Å²) < 4.78 is 5.18. The maximum Gasteiger partial charge on any atom is 0.345 e. The van der Waals surface area contributed by atoms with Gasteiger partial charge in [0.2, 0.25) is 0 Å². The molecule has 0 saturated carbocycles. The van der Waals surface area contributed by atoms with Crippen LogP contribution in [0, 0.1) is 0 Å². The Labute approximate surface area is 114 Å². The first-order chi connectivity index (χ1) is 9.10. The van der Waals surface area contributed by atoms with Gasteiger partial charge in [0.15, 0.2) is 5.78 Å². The smallest absolute Gasteiger partial charge is 0.345 e. The molecule has 1 aliphatic heterocycles. The predicted octanol–water partition coefficient (Wildman–Crippen LogP) is 3.45. The highest BCUT2D eigenvalue weighted by Gasteiger charge is 2.33. The summed E-state index contributed by atoms with van der Waals surface area (Å²) in [5, 5.41) is 9.89. The lowest BCUT2D eigenvalue weighted by Crippen LogP contribution is -2.33. The maximum atomic E-state index is 11.9. The number of allylic oxidation sites excluding steroid dienone is 1. The maximum absolute atomic E-state index is 11.9. The average molecular weight is 268 g/mol. The van der Waals surface area contributed by atoms with Crippen LogP contribution in [0.15, 0.2) is 11.3 Å². The van der Waals surface area contributed by atoms with Crippen LogP contribution in [0.4, 0.5) is 0 Å². The Morgan fingerprint density at radius 3 is 2.53 bits per heavy atom. The fourth-order valence-electron chi connectivity index (χ4n) is 2.28. The van der Waals surface area contributed by atoms with E-state index in [9.17, 15) is 14.7 Å². The van der Waals surface area contributed by atoms with E-state index in [0.29, 0.717) is 12.8 Å². The van der Waals surface area contributed by atoms with Crippen molar-refractivity contribution in [2.45, 2.75) is 71.3 Å². The van der Waals surface area contributed by atoms with Crippen LogP contribution in [-0.4, -0.2) is 23.0 Å². The van der Waals surface area contributed by atoms with E-state index in [0.717, 1.165) is 32.1 Å². The molecular formula is C15H24O4. The molecule has 1 fully saturated rings. The van der Waals surface area contributed by atoms with Crippen LogP contribution < -0.4 is 0 Å². The van der Waals surface area contributed by atoms with E-state index in [1.807, 2.05) is 6.92 Å². The Morgan fingerprint density at radius 1 is 1.21 bits per heavy atom. The molecule has 1 aliphatic rings. The van der Waals surface area contributed by atoms with Gasteiger partial charge in [-0.05, 0) is 12.8 Å². The Balaban J connectivity index is 2.60. The van der Waals surface area contributed by atoms with Crippen molar-refractivity contribution in [2.24, 2.45) is 0 Å². The van der Waals surface area contributed by atoms with Crippen LogP contribution in [0.2, 0.25) is 0 Å². The van der Waals surface area contributed by atoms with Crippen LogP contribution in [0.3, 0.4) is 0 Å². The molecule has 0 aliphatic carbocycles. The molecular weight excluding hydrogens is 244 g/mol. The minimum atomic E-state index is -0.650. The van der Waals surface area contributed by atoms with Gasteiger partial charge in [0.1, 0.15) is 17.4 Å². The number of aliphatic hydroxyl groups is 1. The highest BCUT2D eigenvalue weighted by molar-refractivity contribution is 6.19. The number of unbranched alkanes of at least 4 members (excludes halogenated alkanes) is 3. The molecule has 0 aromatic carbocycles. The molecule has 1 heterocycles. The van der Waals surface area contributed by atoms with E-state index < -0.39 is 5.97 Å². The largest absolute Gasteiger partial charge is 0.511 e. The number of hydrogen-bond donors (Lipinski definition) is 1. The second kappa shape index (κ2) is 7.97. The Bertz CT molecular complexity index is 337. The number of aliphatic hydroxyl groups excluding tert-OH is 1. The lowest BCUT2D eigenvalue weighted by atomic mass is 9.97. The highest BCUT2D eigenvalue weighted by Crippen LogP contribution is 2.23. The normalized spacial score (nSPS) is 22.3. The van der Waals surface area contributed by atoms with E-state index in [1.54, 1.807) is 0 Å². The summed E-state index contributed by atoms with van der Waals surface area (Å²) in [4.78, 5) is 23.7. The fourth-order valence-corrected chi connectivity index (χ4v) is 2.28. The van der Waals surface area contributed by atoms with Crippen LogP contribution in [0.1, 0.15) is 65.2 Å². The zero-order chi connectivity index (χ0) is 14.3. The topological polar surface area (TPSA) is 63.6 Å². The molecule has 108 valence electrons. The number of rotatable bonds is 7. The molecule has 1 saturated heterocycles. The number of cyclic esters (lactones) is 1. The third-order valence-corrected chi connectivity index (χ3v) is 3.34. The Kier molecular flexibility index (Phi) is 6.60. The number of ketones is 1. The molecule has 0 aromatic rings. The third-order valence-electron chi connectivity index (χ3n) is 3.34. The highest BCUT2D eigenvalue weighted by atomic mass is 16.5. The zero-order valence-corrected chi connectivity index (χ0v) is 11.9. The molecule has 4 nitrogen and oxygen atoms in total. The summed E-state index contributed by atoms with van der Waals surface area (Å²) in [5.74, 6) is -1.02. The van der Waals surface area contributed by atoms with E-state index >= 15 is 0 Å². The van der Waals surface area contributed by atoms with Crippen molar-refractivity contribution >= 4 is 11.8 Å². The number of esters is 1. The average Bonchev–Trinajstić information content (AvgIpc) is 2.34. The van der Waals surface area contributed by atoms with Gasteiger partial charge in [-0.1, -0.05) is 39.5 Å². The summed E-state index contributed by atoms with van der Waals surface area (Å²) >= 11 is 0.